The summed E-state index contributed by atoms with van der Waals surface area (Å²) >= 11 is 1.82. The molecule has 1 fully saturated rings. The van der Waals surface area contributed by atoms with Crippen molar-refractivity contribution in [3.63, 3.8) is 0 Å². The van der Waals surface area contributed by atoms with Gasteiger partial charge in [-0.1, -0.05) is 13.0 Å². The molecule has 5 rings (SSSR count). The van der Waals surface area contributed by atoms with Crippen LogP contribution in [0.2, 0.25) is 0 Å². The Hall–Kier alpha value is -2.40. The van der Waals surface area contributed by atoms with Crippen LogP contribution in [0.1, 0.15) is 43.7 Å². The molecule has 29 heavy (non-hydrogen) atoms. The fraction of sp³-hybridized carbons (Fsp3) is 0.417. The van der Waals surface area contributed by atoms with Crippen molar-refractivity contribution in [3.8, 4) is 10.6 Å². The van der Waals surface area contributed by atoms with Crippen molar-refractivity contribution in [3.05, 3.63) is 47.7 Å². The van der Waals surface area contributed by atoms with Gasteiger partial charge in [0.2, 0.25) is 0 Å². The molecule has 0 unspecified atom stereocenters. The number of thiophene rings is 1. The zero-order valence-corrected chi connectivity index (χ0v) is 18.5. The quantitative estimate of drug-likeness (QED) is 0.405. The van der Waals surface area contributed by atoms with E-state index in [9.17, 15) is 0 Å². The van der Waals surface area contributed by atoms with E-state index in [4.69, 9.17) is 5.10 Å². The second kappa shape index (κ2) is 7.13. The van der Waals surface area contributed by atoms with Crippen LogP contribution in [0.3, 0.4) is 0 Å². The average molecular weight is 405 g/mol. The molecule has 4 nitrogen and oxygen atoms in total. The SMILES string of the molecule is Cc1cc2cc(-c3cnc4ccc(N(C)C5CCC(C)CC5)nn34)sc2cc1C. The highest BCUT2D eigenvalue weighted by Gasteiger charge is 2.23. The highest BCUT2D eigenvalue weighted by atomic mass is 32.1. The monoisotopic (exact) mass is 404 g/mol. The van der Waals surface area contributed by atoms with Crippen molar-refractivity contribution in [2.24, 2.45) is 5.92 Å². The van der Waals surface area contributed by atoms with E-state index in [2.05, 4.69) is 68.0 Å². The summed E-state index contributed by atoms with van der Waals surface area (Å²) in [6.07, 6.45) is 7.09. The van der Waals surface area contributed by atoms with Crippen molar-refractivity contribution in [1.29, 1.82) is 0 Å². The fourth-order valence-electron chi connectivity index (χ4n) is 4.47. The molecule has 150 valence electrons. The number of nitrogens with zero attached hydrogens (tertiary/aromatic N) is 4. The predicted octanol–water partition coefficient (Wildman–Crippen LogP) is 6.24. The molecular weight excluding hydrogens is 376 g/mol. The molecule has 1 aliphatic rings. The van der Waals surface area contributed by atoms with Crippen LogP contribution in [-0.4, -0.2) is 27.7 Å². The van der Waals surface area contributed by atoms with E-state index in [1.807, 2.05) is 22.0 Å². The van der Waals surface area contributed by atoms with Crippen LogP contribution in [-0.2, 0) is 0 Å². The third-order valence-electron chi connectivity index (χ3n) is 6.63. The minimum absolute atomic E-state index is 0.582. The van der Waals surface area contributed by atoms with Crippen LogP contribution in [0.25, 0.3) is 26.3 Å². The number of aromatic nitrogens is 3. The van der Waals surface area contributed by atoms with Crippen molar-refractivity contribution >= 4 is 32.9 Å². The summed E-state index contributed by atoms with van der Waals surface area (Å²) in [4.78, 5) is 8.20. The molecule has 1 aromatic carbocycles. The topological polar surface area (TPSA) is 33.4 Å². The Morgan fingerprint density at radius 2 is 1.79 bits per heavy atom. The minimum atomic E-state index is 0.582. The molecule has 0 bridgehead atoms. The van der Waals surface area contributed by atoms with Gasteiger partial charge in [-0.05, 0) is 86.2 Å². The molecule has 3 heterocycles. The second-order valence-electron chi connectivity index (χ2n) is 8.71. The summed E-state index contributed by atoms with van der Waals surface area (Å²) in [5, 5.41) is 6.30. The highest BCUT2D eigenvalue weighted by Crippen LogP contribution is 2.35. The first-order chi connectivity index (χ1) is 14.0. The fourth-order valence-corrected chi connectivity index (χ4v) is 5.60. The van der Waals surface area contributed by atoms with Crippen LogP contribution in [0.5, 0.6) is 0 Å². The summed E-state index contributed by atoms with van der Waals surface area (Å²) in [5.41, 5.74) is 4.65. The number of benzene rings is 1. The number of hydrogen-bond donors (Lipinski definition) is 0. The number of hydrogen-bond acceptors (Lipinski definition) is 4. The Morgan fingerprint density at radius 1 is 1.03 bits per heavy atom. The predicted molar refractivity (Wildman–Crippen MR) is 123 cm³/mol. The maximum Gasteiger partial charge on any atom is 0.154 e. The third-order valence-corrected chi connectivity index (χ3v) is 7.75. The molecule has 3 aromatic heterocycles. The molecule has 0 spiro atoms. The van der Waals surface area contributed by atoms with Gasteiger partial charge in [-0.25, -0.2) is 9.50 Å². The summed E-state index contributed by atoms with van der Waals surface area (Å²) < 4.78 is 3.34. The van der Waals surface area contributed by atoms with Gasteiger partial charge in [0.05, 0.1) is 11.1 Å². The van der Waals surface area contributed by atoms with Crippen LogP contribution in [0.15, 0.2) is 36.5 Å². The van der Waals surface area contributed by atoms with Gasteiger partial charge in [0.15, 0.2) is 5.65 Å². The Kier molecular flexibility index (Phi) is 4.58. The molecular formula is C24H28N4S. The van der Waals surface area contributed by atoms with Crippen molar-refractivity contribution in [2.45, 2.75) is 52.5 Å². The number of imidazole rings is 1. The van der Waals surface area contributed by atoms with Crippen molar-refractivity contribution < 1.29 is 0 Å². The maximum absolute atomic E-state index is 5.00. The molecule has 5 heteroatoms. The lowest BCUT2D eigenvalue weighted by Crippen LogP contribution is -2.35. The standard InChI is InChI=1S/C24H28N4S/c1-15-5-7-19(8-6-15)27(4)24-10-9-23-25-14-20(28(23)26-24)22-13-18-11-16(2)17(3)12-21(18)29-22/h9-15,19H,5-8H2,1-4H3. The summed E-state index contributed by atoms with van der Waals surface area (Å²) in [6, 6.07) is 11.6. The van der Waals surface area contributed by atoms with Crippen molar-refractivity contribution in [2.75, 3.05) is 11.9 Å². The minimum Gasteiger partial charge on any atom is -0.355 e. The zero-order valence-electron chi connectivity index (χ0n) is 17.6. The largest absolute Gasteiger partial charge is 0.355 e. The van der Waals surface area contributed by atoms with Gasteiger partial charge in [-0.15, -0.1) is 16.4 Å². The summed E-state index contributed by atoms with van der Waals surface area (Å²) in [6.45, 7) is 6.72. The molecule has 1 saturated carbocycles. The van der Waals surface area contributed by atoms with E-state index in [0.29, 0.717) is 6.04 Å². The Labute approximate surface area is 176 Å². The molecule has 0 radical (unpaired) electrons. The van der Waals surface area contributed by atoms with Gasteiger partial charge >= 0.3 is 0 Å². The number of aryl methyl sites for hydroxylation is 2. The van der Waals surface area contributed by atoms with Crippen LogP contribution in [0, 0.1) is 19.8 Å². The highest BCUT2D eigenvalue weighted by molar-refractivity contribution is 7.22. The van der Waals surface area contributed by atoms with E-state index < -0.39 is 0 Å². The summed E-state index contributed by atoms with van der Waals surface area (Å²) in [5.74, 6) is 1.89. The second-order valence-corrected chi connectivity index (χ2v) is 9.80. The Balaban J connectivity index is 1.53. The summed E-state index contributed by atoms with van der Waals surface area (Å²) in [7, 11) is 2.19. The van der Waals surface area contributed by atoms with E-state index in [0.717, 1.165) is 23.1 Å². The number of anilines is 1. The van der Waals surface area contributed by atoms with Gasteiger partial charge in [0.25, 0.3) is 0 Å². The van der Waals surface area contributed by atoms with Crippen LogP contribution in [0.4, 0.5) is 5.82 Å². The number of fused-ring (bicyclic) bond motifs is 2. The number of rotatable bonds is 3. The van der Waals surface area contributed by atoms with Crippen LogP contribution >= 0.6 is 11.3 Å². The molecule has 0 aliphatic heterocycles. The van der Waals surface area contributed by atoms with Gasteiger partial charge < -0.3 is 4.90 Å². The molecule has 0 N–H and O–H groups in total. The molecule has 0 saturated heterocycles. The zero-order chi connectivity index (χ0) is 20.1. The maximum atomic E-state index is 5.00. The lowest BCUT2D eigenvalue weighted by molar-refractivity contribution is 0.339. The molecule has 1 aliphatic carbocycles. The smallest absolute Gasteiger partial charge is 0.154 e. The van der Waals surface area contributed by atoms with Gasteiger partial charge in [-0.3, -0.25) is 0 Å². The van der Waals surface area contributed by atoms with E-state index in [1.165, 1.54) is 51.8 Å². The molecule has 0 atom stereocenters. The van der Waals surface area contributed by atoms with Gasteiger partial charge in [0.1, 0.15) is 11.5 Å². The first-order valence-electron chi connectivity index (χ1n) is 10.6. The molecule has 0 amide bonds. The van der Waals surface area contributed by atoms with E-state index >= 15 is 0 Å². The van der Waals surface area contributed by atoms with Gasteiger partial charge in [0, 0.05) is 17.8 Å². The Morgan fingerprint density at radius 3 is 2.59 bits per heavy atom. The van der Waals surface area contributed by atoms with Crippen LogP contribution < -0.4 is 4.90 Å². The lowest BCUT2D eigenvalue weighted by Gasteiger charge is -2.34. The van der Waals surface area contributed by atoms with E-state index in [-0.39, 0.29) is 0 Å². The molecule has 4 aromatic rings. The Bertz CT molecular complexity index is 1140. The normalized spacial score (nSPS) is 19.9. The first-order valence-corrected chi connectivity index (χ1v) is 11.4. The van der Waals surface area contributed by atoms with Crippen molar-refractivity contribution in [1.82, 2.24) is 14.6 Å². The lowest BCUT2D eigenvalue weighted by atomic mass is 9.87. The van der Waals surface area contributed by atoms with Gasteiger partial charge in [-0.2, -0.15) is 0 Å². The first kappa shape index (κ1) is 18.6. The third kappa shape index (κ3) is 3.31. The average Bonchev–Trinajstić information content (AvgIpc) is 3.31. The van der Waals surface area contributed by atoms with E-state index in [1.54, 1.807) is 0 Å².